The van der Waals surface area contributed by atoms with Crippen LogP contribution in [0.5, 0.6) is 0 Å². The zero-order valence-corrected chi connectivity index (χ0v) is 11.1. The fourth-order valence-corrected chi connectivity index (χ4v) is 3.36. The lowest BCUT2D eigenvalue weighted by molar-refractivity contribution is -0.117. The van der Waals surface area contributed by atoms with Crippen LogP contribution in [0.4, 0.5) is 5.82 Å². The molecule has 6 nitrogen and oxygen atoms in total. The highest BCUT2D eigenvalue weighted by atomic mass is 16.3. The number of fused-ring (bicyclic) bond motifs is 1. The fraction of sp³-hybridized carbons (Fsp3) is 0.692. The molecule has 1 unspecified atom stereocenters. The van der Waals surface area contributed by atoms with Gasteiger partial charge in [0.25, 0.3) is 0 Å². The highest BCUT2D eigenvalue weighted by Crippen LogP contribution is 2.37. The summed E-state index contributed by atoms with van der Waals surface area (Å²) in [5, 5.41) is 16.5. The van der Waals surface area contributed by atoms with Crippen molar-refractivity contribution >= 4 is 11.7 Å². The molecule has 3 rings (SSSR count). The minimum atomic E-state index is -0.125. The first-order valence-electron chi connectivity index (χ1n) is 6.80. The number of amides is 1. The van der Waals surface area contributed by atoms with Crippen molar-refractivity contribution in [1.82, 2.24) is 14.7 Å². The van der Waals surface area contributed by atoms with E-state index < -0.39 is 0 Å². The molecular formula is C13H20N4O2. The SMILES string of the molecule is Cn1ccc(NC(=O)CN2C[C@H]3CC(O)C[C@H]3C2)n1. The van der Waals surface area contributed by atoms with Crippen LogP contribution in [0.1, 0.15) is 12.8 Å². The molecule has 6 heteroatoms. The van der Waals surface area contributed by atoms with Crippen molar-refractivity contribution in [2.24, 2.45) is 18.9 Å². The molecule has 0 aromatic carbocycles. The summed E-state index contributed by atoms with van der Waals surface area (Å²) in [7, 11) is 1.82. The summed E-state index contributed by atoms with van der Waals surface area (Å²) < 4.78 is 1.66. The van der Waals surface area contributed by atoms with Crippen molar-refractivity contribution < 1.29 is 9.90 Å². The van der Waals surface area contributed by atoms with Crippen molar-refractivity contribution in [3.63, 3.8) is 0 Å². The molecule has 0 spiro atoms. The summed E-state index contributed by atoms with van der Waals surface area (Å²) in [5.41, 5.74) is 0. The highest BCUT2D eigenvalue weighted by Gasteiger charge is 2.40. The van der Waals surface area contributed by atoms with E-state index >= 15 is 0 Å². The lowest BCUT2D eigenvalue weighted by atomic mass is 10.0. The van der Waals surface area contributed by atoms with E-state index in [1.165, 1.54) is 0 Å². The van der Waals surface area contributed by atoms with Gasteiger partial charge in [-0.05, 0) is 24.7 Å². The molecule has 0 bridgehead atoms. The van der Waals surface area contributed by atoms with Gasteiger partial charge in [0.15, 0.2) is 5.82 Å². The fourth-order valence-electron chi connectivity index (χ4n) is 3.36. The zero-order valence-electron chi connectivity index (χ0n) is 11.1. The molecule has 1 aromatic rings. The first-order chi connectivity index (χ1) is 9.10. The standard InChI is InChI=1S/C13H20N4O2/c1-16-3-2-12(15-16)14-13(19)8-17-6-9-4-11(18)5-10(9)7-17/h2-3,9-11,18H,4-8H2,1H3,(H,14,15,19)/t9-,10+,11?. The maximum absolute atomic E-state index is 11.9. The van der Waals surface area contributed by atoms with E-state index in [9.17, 15) is 9.90 Å². The number of aromatic nitrogens is 2. The Kier molecular flexibility index (Phi) is 3.28. The Morgan fingerprint density at radius 2 is 2.16 bits per heavy atom. The first kappa shape index (κ1) is 12.6. The molecule has 1 aliphatic carbocycles. The number of anilines is 1. The van der Waals surface area contributed by atoms with Crippen LogP contribution < -0.4 is 5.32 Å². The Morgan fingerprint density at radius 3 is 2.74 bits per heavy atom. The minimum Gasteiger partial charge on any atom is -0.393 e. The van der Waals surface area contributed by atoms with Crippen LogP contribution in [-0.4, -0.2) is 51.4 Å². The molecule has 2 aliphatic rings. The van der Waals surface area contributed by atoms with E-state index in [1.807, 2.05) is 7.05 Å². The lowest BCUT2D eigenvalue weighted by Crippen LogP contribution is -2.32. The maximum atomic E-state index is 11.9. The van der Waals surface area contributed by atoms with Gasteiger partial charge in [0.05, 0.1) is 12.6 Å². The smallest absolute Gasteiger partial charge is 0.239 e. The molecule has 1 amide bonds. The second kappa shape index (κ2) is 4.94. The van der Waals surface area contributed by atoms with Crippen LogP contribution in [0.2, 0.25) is 0 Å². The van der Waals surface area contributed by atoms with Crippen molar-refractivity contribution in [3.05, 3.63) is 12.3 Å². The number of carbonyl (C=O) groups excluding carboxylic acids is 1. The quantitative estimate of drug-likeness (QED) is 0.810. The minimum absolute atomic E-state index is 0.0146. The van der Waals surface area contributed by atoms with Crippen molar-refractivity contribution in [2.45, 2.75) is 18.9 Å². The maximum Gasteiger partial charge on any atom is 0.239 e. The molecule has 1 aromatic heterocycles. The van der Waals surface area contributed by atoms with Gasteiger partial charge >= 0.3 is 0 Å². The third kappa shape index (κ3) is 2.79. The van der Waals surface area contributed by atoms with E-state index in [1.54, 1.807) is 16.9 Å². The van der Waals surface area contributed by atoms with E-state index in [0.717, 1.165) is 25.9 Å². The summed E-state index contributed by atoms with van der Waals surface area (Å²) in [5.74, 6) is 1.72. The van der Waals surface area contributed by atoms with E-state index in [0.29, 0.717) is 24.2 Å². The van der Waals surface area contributed by atoms with Gasteiger partial charge in [-0.15, -0.1) is 0 Å². The summed E-state index contributed by atoms with van der Waals surface area (Å²) in [6, 6.07) is 1.78. The van der Waals surface area contributed by atoms with Crippen molar-refractivity contribution in [2.75, 3.05) is 25.0 Å². The van der Waals surface area contributed by atoms with Crippen LogP contribution in [0, 0.1) is 11.8 Å². The predicted molar refractivity (Wildman–Crippen MR) is 70.5 cm³/mol. The Hall–Kier alpha value is -1.40. The van der Waals surface area contributed by atoms with Gasteiger partial charge in [0.1, 0.15) is 0 Å². The van der Waals surface area contributed by atoms with Gasteiger partial charge in [0.2, 0.25) is 5.91 Å². The normalized spacial score (nSPS) is 30.5. The molecule has 1 saturated carbocycles. The molecule has 0 radical (unpaired) electrons. The monoisotopic (exact) mass is 264 g/mol. The van der Waals surface area contributed by atoms with E-state index in [2.05, 4.69) is 15.3 Å². The Morgan fingerprint density at radius 1 is 1.47 bits per heavy atom. The Bertz CT molecular complexity index is 459. The Labute approximate surface area is 112 Å². The highest BCUT2D eigenvalue weighted by molar-refractivity contribution is 5.91. The number of aliphatic hydroxyl groups excluding tert-OH is 1. The van der Waals surface area contributed by atoms with Crippen LogP contribution in [0.25, 0.3) is 0 Å². The Balaban J connectivity index is 1.49. The van der Waals surface area contributed by atoms with Gasteiger partial charge < -0.3 is 10.4 Å². The predicted octanol–water partition coefficient (Wildman–Crippen LogP) is 0.0613. The van der Waals surface area contributed by atoms with Gasteiger partial charge in [-0.3, -0.25) is 14.4 Å². The molecular weight excluding hydrogens is 244 g/mol. The molecule has 2 N–H and O–H groups in total. The average Bonchev–Trinajstić information content (AvgIpc) is 2.93. The number of nitrogens with zero attached hydrogens (tertiary/aromatic N) is 3. The average molecular weight is 264 g/mol. The van der Waals surface area contributed by atoms with E-state index in [-0.39, 0.29) is 12.0 Å². The number of aryl methyl sites for hydroxylation is 1. The summed E-state index contributed by atoms with van der Waals surface area (Å²) in [6.45, 7) is 2.27. The third-order valence-corrected chi connectivity index (χ3v) is 4.15. The molecule has 1 saturated heterocycles. The summed E-state index contributed by atoms with van der Waals surface area (Å²) >= 11 is 0. The molecule has 2 heterocycles. The number of hydrogen-bond donors (Lipinski definition) is 2. The largest absolute Gasteiger partial charge is 0.393 e. The summed E-state index contributed by atoms with van der Waals surface area (Å²) in [6.07, 6.45) is 3.46. The van der Waals surface area contributed by atoms with E-state index in [4.69, 9.17) is 0 Å². The summed E-state index contributed by atoms with van der Waals surface area (Å²) in [4.78, 5) is 14.1. The third-order valence-electron chi connectivity index (χ3n) is 4.15. The topological polar surface area (TPSA) is 70.4 Å². The second-order valence-electron chi connectivity index (χ2n) is 5.76. The first-order valence-corrected chi connectivity index (χ1v) is 6.80. The molecule has 2 fully saturated rings. The number of hydrogen-bond acceptors (Lipinski definition) is 4. The zero-order chi connectivity index (χ0) is 13.4. The number of carbonyl (C=O) groups is 1. The van der Waals surface area contributed by atoms with Crippen LogP contribution in [-0.2, 0) is 11.8 Å². The van der Waals surface area contributed by atoms with Gasteiger partial charge in [-0.25, -0.2) is 0 Å². The molecule has 1 aliphatic heterocycles. The van der Waals surface area contributed by atoms with Crippen molar-refractivity contribution in [3.8, 4) is 0 Å². The van der Waals surface area contributed by atoms with Gasteiger partial charge in [0, 0.05) is 32.4 Å². The number of rotatable bonds is 3. The number of likely N-dealkylation sites (tertiary alicyclic amines) is 1. The van der Waals surface area contributed by atoms with Gasteiger partial charge in [-0.1, -0.05) is 0 Å². The second-order valence-corrected chi connectivity index (χ2v) is 5.76. The molecule has 104 valence electrons. The molecule has 19 heavy (non-hydrogen) atoms. The number of aliphatic hydroxyl groups is 1. The van der Waals surface area contributed by atoms with Crippen LogP contribution in [0.15, 0.2) is 12.3 Å². The number of nitrogens with one attached hydrogen (secondary N) is 1. The van der Waals surface area contributed by atoms with Gasteiger partial charge in [-0.2, -0.15) is 5.10 Å². The van der Waals surface area contributed by atoms with Crippen LogP contribution in [0.3, 0.4) is 0 Å². The van der Waals surface area contributed by atoms with Crippen molar-refractivity contribution in [1.29, 1.82) is 0 Å². The molecule has 3 atom stereocenters. The van der Waals surface area contributed by atoms with Crippen LogP contribution >= 0.6 is 0 Å². The lowest BCUT2D eigenvalue weighted by Gasteiger charge is -2.16.